The van der Waals surface area contributed by atoms with Gasteiger partial charge in [-0.2, -0.15) is 0 Å². The fourth-order valence-corrected chi connectivity index (χ4v) is 3.13. The molecule has 1 amide bonds. The topological polar surface area (TPSA) is 82.6 Å². The smallest absolute Gasteiger partial charge is 0.251 e. The molecule has 1 atom stereocenters. The van der Waals surface area contributed by atoms with Gasteiger partial charge < -0.3 is 19.7 Å². The Morgan fingerprint density at radius 2 is 1.93 bits per heavy atom. The van der Waals surface area contributed by atoms with Gasteiger partial charge in [0, 0.05) is 19.0 Å². The minimum atomic E-state index is -0.825. The van der Waals surface area contributed by atoms with Crippen LogP contribution in [0.1, 0.15) is 23.7 Å². The molecule has 1 unspecified atom stereocenters. The number of ether oxygens (including phenoxy) is 1. The number of benzene rings is 2. The second kappa shape index (κ2) is 8.87. The number of pyridine rings is 1. The number of hydrogen-bond donors (Lipinski definition) is 2. The summed E-state index contributed by atoms with van der Waals surface area (Å²) in [6.45, 7) is 0.137. The Bertz CT molecular complexity index is 1060. The van der Waals surface area contributed by atoms with Gasteiger partial charge in [-0.15, -0.1) is 0 Å². The number of hydrogen-bond acceptors (Lipinski definition) is 4. The number of halogens is 1. The number of aliphatic hydroxyl groups is 1. The predicted octanol–water partition coefficient (Wildman–Crippen LogP) is 2.80. The first-order valence-electron chi connectivity index (χ1n) is 9.25. The second-order valence-electron chi connectivity index (χ2n) is 6.92. The number of aromatic nitrogens is 1. The summed E-state index contributed by atoms with van der Waals surface area (Å²) in [4.78, 5) is 28.7. The highest BCUT2D eigenvalue weighted by Crippen LogP contribution is 2.19. The Hall–Kier alpha value is -3.19. The maximum absolute atomic E-state index is 13.3. The van der Waals surface area contributed by atoms with E-state index in [1.807, 2.05) is 0 Å². The second-order valence-corrected chi connectivity index (χ2v) is 6.92. The van der Waals surface area contributed by atoms with Crippen LogP contribution in [0.3, 0.4) is 0 Å². The van der Waals surface area contributed by atoms with Crippen molar-refractivity contribution in [3.8, 4) is 5.75 Å². The van der Waals surface area contributed by atoms with Crippen molar-refractivity contribution >= 4 is 16.8 Å². The number of nitrogens with zero attached hydrogens (tertiary/aromatic N) is 1. The van der Waals surface area contributed by atoms with Crippen LogP contribution in [-0.2, 0) is 11.2 Å². The molecular weight excluding hydrogens is 375 g/mol. The lowest BCUT2D eigenvalue weighted by atomic mass is 10.1. The lowest BCUT2D eigenvalue weighted by Gasteiger charge is -2.21. The van der Waals surface area contributed by atoms with Crippen molar-refractivity contribution in [2.24, 2.45) is 0 Å². The molecule has 3 rings (SSSR count). The Labute approximate surface area is 167 Å². The molecule has 2 N–H and O–H groups in total. The third-order valence-electron chi connectivity index (χ3n) is 4.87. The molecule has 3 aromatic rings. The van der Waals surface area contributed by atoms with E-state index in [0.29, 0.717) is 27.8 Å². The molecule has 0 saturated carbocycles. The standard InChI is InChI=1S/C22H23FN2O4/c1-25(13-20(26)14-4-8-18(29-2)9-5-14)21(27)10-6-16-11-15-3-7-17(23)12-19(15)24-22(16)28/h3-5,7-9,11-12,20,26H,6,10,13H2,1-2H3,(H,24,28). The van der Waals surface area contributed by atoms with Crippen LogP contribution in [0.4, 0.5) is 4.39 Å². The Kier molecular flexibility index (Phi) is 6.29. The molecule has 0 spiro atoms. The average Bonchev–Trinajstić information content (AvgIpc) is 2.71. The Balaban J connectivity index is 1.61. The Morgan fingerprint density at radius 3 is 2.62 bits per heavy atom. The number of aromatic amines is 1. The zero-order valence-electron chi connectivity index (χ0n) is 16.3. The van der Waals surface area contributed by atoms with Gasteiger partial charge in [-0.1, -0.05) is 12.1 Å². The van der Waals surface area contributed by atoms with E-state index in [4.69, 9.17) is 4.74 Å². The largest absolute Gasteiger partial charge is 0.497 e. The molecule has 29 heavy (non-hydrogen) atoms. The van der Waals surface area contributed by atoms with Gasteiger partial charge in [0.1, 0.15) is 11.6 Å². The highest BCUT2D eigenvalue weighted by Gasteiger charge is 2.16. The SMILES string of the molecule is COc1ccc(C(O)CN(C)C(=O)CCc2cc3ccc(F)cc3[nH]c2=O)cc1. The number of carbonyl (C=O) groups excluding carboxylic acids is 1. The summed E-state index contributed by atoms with van der Waals surface area (Å²) in [5.74, 6) is 0.0815. The van der Waals surface area contributed by atoms with Gasteiger partial charge in [0.15, 0.2) is 0 Å². The van der Waals surface area contributed by atoms with Crippen molar-refractivity contribution < 1.29 is 19.0 Å². The summed E-state index contributed by atoms with van der Waals surface area (Å²) >= 11 is 0. The molecule has 1 aromatic heterocycles. The van der Waals surface area contributed by atoms with Crippen LogP contribution in [0.15, 0.2) is 53.3 Å². The van der Waals surface area contributed by atoms with Crippen molar-refractivity contribution in [1.29, 1.82) is 0 Å². The van der Waals surface area contributed by atoms with Gasteiger partial charge in [0.25, 0.3) is 5.56 Å². The molecule has 152 valence electrons. The molecule has 0 aliphatic rings. The van der Waals surface area contributed by atoms with Crippen molar-refractivity contribution in [1.82, 2.24) is 9.88 Å². The molecule has 0 aliphatic carbocycles. The fraction of sp³-hybridized carbons (Fsp3) is 0.273. The normalized spacial score (nSPS) is 12.0. The van der Waals surface area contributed by atoms with Crippen molar-refractivity contribution in [3.05, 3.63) is 75.8 Å². The molecule has 0 saturated heterocycles. The maximum Gasteiger partial charge on any atom is 0.251 e. The van der Waals surface area contributed by atoms with Crippen LogP contribution in [-0.4, -0.2) is 41.6 Å². The average molecular weight is 398 g/mol. The molecule has 7 heteroatoms. The van der Waals surface area contributed by atoms with Crippen LogP contribution in [0.25, 0.3) is 10.9 Å². The number of carbonyl (C=O) groups is 1. The first-order valence-corrected chi connectivity index (χ1v) is 9.25. The number of aryl methyl sites for hydroxylation is 1. The zero-order chi connectivity index (χ0) is 21.0. The predicted molar refractivity (Wildman–Crippen MR) is 108 cm³/mol. The first-order chi connectivity index (χ1) is 13.9. The highest BCUT2D eigenvalue weighted by molar-refractivity contribution is 5.79. The molecule has 0 fully saturated rings. The molecule has 0 radical (unpaired) electrons. The van der Waals surface area contributed by atoms with E-state index in [1.54, 1.807) is 50.6 Å². The monoisotopic (exact) mass is 398 g/mol. The molecule has 6 nitrogen and oxygen atoms in total. The van der Waals surface area contributed by atoms with Crippen molar-refractivity contribution in [3.63, 3.8) is 0 Å². The van der Waals surface area contributed by atoms with E-state index in [-0.39, 0.29) is 30.9 Å². The third kappa shape index (κ3) is 5.00. The van der Waals surface area contributed by atoms with Crippen LogP contribution in [0, 0.1) is 5.82 Å². The highest BCUT2D eigenvalue weighted by atomic mass is 19.1. The molecule has 0 aliphatic heterocycles. The minimum Gasteiger partial charge on any atom is -0.497 e. The van der Waals surface area contributed by atoms with Gasteiger partial charge in [-0.3, -0.25) is 9.59 Å². The van der Waals surface area contributed by atoms with Gasteiger partial charge >= 0.3 is 0 Å². The van der Waals surface area contributed by atoms with Crippen LogP contribution < -0.4 is 10.3 Å². The van der Waals surface area contributed by atoms with Gasteiger partial charge in [-0.25, -0.2) is 4.39 Å². The summed E-state index contributed by atoms with van der Waals surface area (Å²) in [6, 6.07) is 12.8. The summed E-state index contributed by atoms with van der Waals surface area (Å²) in [5, 5.41) is 11.1. The van der Waals surface area contributed by atoms with Gasteiger partial charge in [0.05, 0.1) is 25.3 Å². The van der Waals surface area contributed by atoms with Gasteiger partial charge in [0.2, 0.25) is 5.91 Å². The zero-order valence-corrected chi connectivity index (χ0v) is 16.3. The summed E-state index contributed by atoms with van der Waals surface area (Å²) in [5.41, 5.74) is 1.23. The number of likely N-dealkylation sites (N-methyl/N-ethyl adjacent to an activating group) is 1. The van der Waals surface area contributed by atoms with E-state index in [2.05, 4.69) is 4.98 Å². The van der Waals surface area contributed by atoms with E-state index >= 15 is 0 Å². The van der Waals surface area contributed by atoms with E-state index in [1.165, 1.54) is 17.0 Å². The molecular formula is C22H23FN2O4. The summed E-state index contributed by atoms with van der Waals surface area (Å²) in [7, 11) is 3.18. The number of H-pyrrole nitrogens is 1. The number of nitrogens with one attached hydrogen (secondary N) is 1. The summed E-state index contributed by atoms with van der Waals surface area (Å²) < 4.78 is 18.4. The quantitative estimate of drug-likeness (QED) is 0.641. The maximum atomic E-state index is 13.3. The number of methoxy groups -OCH3 is 1. The molecule has 0 bridgehead atoms. The van der Waals surface area contributed by atoms with Crippen molar-refractivity contribution in [2.75, 3.05) is 20.7 Å². The van der Waals surface area contributed by atoms with Gasteiger partial charge in [-0.05, 0) is 53.8 Å². The fourth-order valence-electron chi connectivity index (χ4n) is 3.13. The molecule has 1 heterocycles. The van der Waals surface area contributed by atoms with E-state index in [0.717, 1.165) is 0 Å². The van der Waals surface area contributed by atoms with Crippen molar-refractivity contribution in [2.45, 2.75) is 18.9 Å². The lowest BCUT2D eigenvalue weighted by Crippen LogP contribution is -2.31. The number of fused-ring (bicyclic) bond motifs is 1. The lowest BCUT2D eigenvalue weighted by molar-refractivity contribution is -0.131. The number of aliphatic hydroxyl groups excluding tert-OH is 1. The Morgan fingerprint density at radius 1 is 1.21 bits per heavy atom. The first kappa shape index (κ1) is 20.5. The van der Waals surface area contributed by atoms with E-state index in [9.17, 15) is 19.1 Å². The van der Waals surface area contributed by atoms with Crippen LogP contribution >= 0.6 is 0 Å². The van der Waals surface area contributed by atoms with Crippen LogP contribution in [0.2, 0.25) is 0 Å². The van der Waals surface area contributed by atoms with Crippen LogP contribution in [0.5, 0.6) is 5.75 Å². The number of rotatable bonds is 7. The van der Waals surface area contributed by atoms with E-state index < -0.39 is 11.9 Å². The number of amides is 1. The molecule has 2 aromatic carbocycles. The third-order valence-corrected chi connectivity index (χ3v) is 4.87. The summed E-state index contributed by atoms with van der Waals surface area (Å²) in [6.07, 6.45) is -0.444. The minimum absolute atomic E-state index is 0.127.